The Morgan fingerprint density at radius 2 is 1.73 bits per heavy atom. The second-order valence-corrected chi connectivity index (χ2v) is 10.0. The van der Waals surface area contributed by atoms with Crippen LogP contribution in [0.3, 0.4) is 0 Å². The number of carbonyl (C=O) groups is 1. The Hall–Kier alpha value is -1.40. The van der Waals surface area contributed by atoms with Crippen LogP contribution in [0.25, 0.3) is 0 Å². The van der Waals surface area contributed by atoms with Crippen LogP contribution in [-0.4, -0.2) is 39.3 Å². The maximum absolute atomic E-state index is 13.2. The van der Waals surface area contributed by atoms with Crippen molar-refractivity contribution in [2.24, 2.45) is 0 Å². The number of rotatable bonds is 5. The summed E-state index contributed by atoms with van der Waals surface area (Å²) < 4.78 is 29.2. The number of amides is 1. The smallest absolute Gasteiger partial charge is 0.230 e. The minimum Gasteiger partial charge on any atom is -0.373 e. The molecule has 0 unspecified atom stereocenters. The van der Waals surface area contributed by atoms with Crippen molar-refractivity contribution in [3.8, 4) is 0 Å². The van der Waals surface area contributed by atoms with Crippen molar-refractivity contribution in [1.82, 2.24) is 5.32 Å². The standard InChI is InChI=1S/C20H29NO4S/c1-19(11-6-14-25-19)15-21-18(22)20(12-4-3-5-13-20)16-7-9-17(10-8-16)26(2,23)24/h7-10H,3-6,11-15H2,1-2H3,(H,21,22)/t19-/m1/s1. The molecule has 5 nitrogen and oxygen atoms in total. The molecule has 1 saturated carbocycles. The van der Waals surface area contributed by atoms with Crippen LogP contribution in [-0.2, 0) is 24.8 Å². The van der Waals surface area contributed by atoms with Crippen LogP contribution in [0.1, 0.15) is 57.4 Å². The second-order valence-electron chi connectivity index (χ2n) is 8.02. The summed E-state index contributed by atoms with van der Waals surface area (Å²) in [6, 6.07) is 6.87. The summed E-state index contributed by atoms with van der Waals surface area (Å²) in [6.45, 7) is 3.33. The molecule has 1 aromatic carbocycles. The van der Waals surface area contributed by atoms with Gasteiger partial charge in [0.1, 0.15) is 0 Å². The fraction of sp³-hybridized carbons (Fsp3) is 0.650. The zero-order chi connectivity index (χ0) is 18.8. The van der Waals surface area contributed by atoms with Gasteiger partial charge in [0.05, 0.1) is 15.9 Å². The Labute approximate surface area is 156 Å². The molecule has 144 valence electrons. The Bertz CT molecular complexity index is 743. The topological polar surface area (TPSA) is 72.5 Å². The van der Waals surface area contributed by atoms with E-state index in [2.05, 4.69) is 12.2 Å². The van der Waals surface area contributed by atoms with E-state index in [0.29, 0.717) is 11.4 Å². The van der Waals surface area contributed by atoms with Gasteiger partial charge in [-0.15, -0.1) is 0 Å². The SMILES string of the molecule is C[C@]1(CNC(=O)C2(c3ccc(S(C)(=O)=O)cc3)CCCCC2)CCCO1. The fourth-order valence-corrected chi connectivity index (χ4v) is 4.87. The largest absolute Gasteiger partial charge is 0.373 e. The zero-order valence-electron chi connectivity index (χ0n) is 15.7. The lowest BCUT2D eigenvalue weighted by Crippen LogP contribution is -2.50. The lowest BCUT2D eigenvalue weighted by molar-refractivity contribution is -0.129. The molecule has 26 heavy (non-hydrogen) atoms. The molecule has 0 radical (unpaired) electrons. The van der Waals surface area contributed by atoms with E-state index in [1.807, 2.05) is 12.1 Å². The van der Waals surface area contributed by atoms with Gasteiger partial charge in [0, 0.05) is 19.4 Å². The van der Waals surface area contributed by atoms with Gasteiger partial charge in [0.15, 0.2) is 9.84 Å². The van der Waals surface area contributed by atoms with Gasteiger partial charge in [-0.25, -0.2) is 8.42 Å². The summed E-state index contributed by atoms with van der Waals surface area (Å²) in [7, 11) is -3.24. The number of sulfone groups is 1. The summed E-state index contributed by atoms with van der Waals surface area (Å²) in [4.78, 5) is 13.5. The van der Waals surface area contributed by atoms with E-state index in [9.17, 15) is 13.2 Å². The van der Waals surface area contributed by atoms with Crippen LogP contribution < -0.4 is 5.32 Å². The molecule has 0 spiro atoms. The first-order chi connectivity index (χ1) is 12.3. The van der Waals surface area contributed by atoms with Crippen molar-refractivity contribution < 1.29 is 17.9 Å². The summed E-state index contributed by atoms with van der Waals surface area (Å²) in [5.74, 6) is 0.0426. The summed E-state index contributed by atoms with van der Waals surface area (Å²) in [6.07, 6.45) is 7.95. The molecule has 2 fully saturated rings. The third-order valence-corrected chi connectivity index (χ3v) is 7.03. The molecular formula is C20H29NO4S. The molecule has 1 aliphatic carbocycles. The van der Waals surface area contributed by atoms with Gasteiger partial charge in [-0.2, -0.15) is 0 Å². The number of nitrogens with one attached hydrogen (secondary N) is 1. The highest BCUT2D eigenvalue weighted by atomic mass is 32.2. The lowest BCUT2D eigenvalue weighted by atomic mass is 9.68. The van der Waals surface area contributed by atoms with Crippen LogP contribution in [0.5, 0.6) is 0 Å². The quantitative estimate of drug-likeness (QED) is 0.854. The van der Waals surface area contributed by atoms with Crippen molar-refractivity contribution in [3.05, 3.63) is 29.8 Å². The van der Waals surface area contributed by atoms with Crippen molar-refractivity contribution in [3.63, 3.8) is 0 Å². The minimum atomic E-state index is -3.24. The van der Waals surface area contributed by atoms with E-state index in [0.717, 1.165) is 57.1 Å². The molecule has 1 heterocycles. The molecule has 1 aromatic rings. The molecule has 2 aliphatic rings. The highest BCUT2D eigenvalue weighted by molar-refractivity contribution is 7.90. The molecule has 1 aliphatic heterocycles. The average molecular weight is 380 g/mol. The number of carbonyl (C=O) groups excluding carboxylic acids is 1. The highest BCUT2D eigenvalue weighted by Gasteiger charge is 2.42. The molecule has 1 saturated heterocycles. The fourth-order valence-electron chi connectivity index (χ4n) is 4.24. The van der Waals surface area contributed by atoms with Gasteiger partial charge in [-0.05, 0) is 50.3 Å². The Morgan fingerprint density at radius 1 is 1.08 bits per heavy atom. The van der Waals surface area contributed by atoms with Crippen LogP contribution in [0.4, 0.5) is 0 Å². The monoisotopic (exact) mass is 379 g/mol. The molecule has 3 rings (SSSR count). The molecule has 6 heteroatoms. The Balaban J connectivity index is 1.82. The van der Waals surface area contributed by atoms with Gasteiger partial charge in [-0.3, -0.25) is 4.79 Å². The molecular weight excluding hydrogens is 350 g/mol. The predicted octanol–water partition coefficient (Wildman–Crippen LogP) is 2.98. The van der Waals surface area contributed by atoms with Crippen molar-refractivity contribution >= 4 is 15.7 Å². The Kier molecular flexibility index (Phi) is 5.45. The van der Waals surface area contributed by atoms with Gasteiger partial charge >= 0.3 is 0 Å². The maximum atomic E-state index is 13.2. The van der Waals surface area contributed by atoms with Gasteiger partial charge in [0.2, 0.25) is 5.91 Å². The molecule has 1 N–H and O–H groups in total. The minimum absolute atomic E-state index is 0.0426. The van der Waals surface area contributed by atoms with E-state index in [1.165, 1.54) is 6.26 Å². The summed E-state index contributed by atoms with van der Waals surface area (Å²) in [5, 5.41) is 3.14. The first-order valence-corrected chi connectivity index (χ1v) is 11.4. The van der Waals surface area contributed by atoms with Gasteiger partial charge < -0.3 is 10.1 Å². The van der Waals surface area contributed by atoms with E-state index in [-0.39, 0.29) is 11.5 Å². The summed E-state index contributed by atoms with van der Waals surface area (Å²) >= 11 is 0. The highest BCUT2D eigenvalue weighted by Crippen LogP contribution is 2.40. The Morgan fingerprint density at radius 3 is 2.27 bits per heavy atom. The van der Waals surface area contributed by atoms with Crippen molar-refractivity contribution in [2.75, 3.05) is 19.4 Å². The van der Waals surface area contributed by atoms with Gasteiger partial charge in [-0.1, -0.05) is 31.4 Å². The van der Waals surface area contributed by atoms with E-state index in [4.69, 9.17) is 4.74 Å². The van der Waals surface area contributed by atoms with E-state index >= 15 is 0 Å². The third kappa shape index (κ3) is 3.96. The maximum Gasteiger partial charge on any atom is 0.230 e. The predicted molar refractivity (Wildman–Crippen MR) is 101 cm³/mol. The second kappa shape index (κ2) is 7.31. The first-order valence-electron chi connectivity index (χ1n) is 9.48. The third-order valence-electron chi connectivity index (χ3n) is 5.90. The number of benzene rings is 1. The first kappa shape index (κ1) is 19.4. The number of hydrogen-bond donors (Lipinski definition) is 1. The zero-order valence-corrected chi connectivity index (χ0v) is 16.5. The molecule has 1 amide bonds. The molecule has 1 atom stereocenters. The molecule has 0 bridgehead atoms. The van der Waals surface area contributed by atoms with E-state index in [1.54, 1.807) is 12.1 Å². The molecule has 0 aromatic heterocycles. The lowest BCUT2D eigenvalue weighted by Gasteiger charge is -2.37. The normalized spacial score (nSPS) is 25.8. The summed E-state index contributed by atoms with van der Waals surface area (Å²) in [5.41, 5.74) is 0.0779. The van der Waals surface area contributed by atoms with Crippen molar-refractivity contribution in [1.29, 1.82) is 0 Å². The van der Waals surface area contributed by atoms with Crippen LogP contribution in [0.2, 0.25) is 0 Å². The van der Waals surface area contributed by atoms with E-state index < -0.39 is 15.3 Å². The van der Waals surface area contributed by atoms with Crippen LogP contribution in [0.15, 0.2) is 29.2 Å². The number of ether oxygens (including phenoxy) is 1. The van der Waals surface area contributed by atoms with Crippen molar-refractivity contribution in [2.45, 2.75) is 67.8 Å². The van der Waals surface area contributed by atoms with Crippen LogP contribution >= 0.6 is 0 Å². The average Bonchev–Trinajstić information content (AvgIpc) is 3.06. The van der Waals surface area contributed by atoms with Crippen LogP contribution in [0, 0.1) is 0 Å². The number of hydrogen-bond acceptors (Lipinski definition) is 4. The van der Waals surface area contributed by atoms with Gasteiger partial charge in [0.25, 0.3) is 0 Å².